The molecular formula is C8H12N4S3. The van der Waals surface area contributed by atoms with Crippen LogP contribution in [-0.4, -0.2) is 27.7 Å². The summed E-state index contributed by atoms with van der Waals surface area (Å²) in [5, 5.41) is 16.7. The van der Waals surface area contributed by atoms with E-state index in [-0.39, 0.29) is 0 Å². The summed E-state index contributed by atoms with van der Waals surface area (Å²) in [6.07, 6.45) is 2.63. The third kappa shape index (κ3) is 4.38. The van der Waals surface area contributed by atoms with Gasteiger partial charge in [-0.1, -0.05) is 34.9 Å². The van der Waals surface area contributed by atoms with Crippen molar-refractivity contribution >= 4 is 34.9 Å². The van der Waals surface area contributed by atoms with Crippen LogP contribution < -0.4 is 5.73 Å². The lowest BCUT2D eigenvalue weighted by Gasteiger charge is -2.13. The molecule has 0 bridgehead atoms. The number of aromatic nitrogens is 2. The molecule has 1 unspecified atom stereocenters. The fourth-order valence-corrected chi connectivity index (χ4v) is 3.43. The first-order valence-corrected chi connectivity index (χ1v) is 7.30. The van der Waals surface area contributed by atoms with Crippen LogP contribution in [0.15, 0.2) is 8.68 Å². The van der Waals surface area contributed by atoms with Gasteiger partial charge in [-0.25, -0.2) is 0 Å². The quantitative estimate of drug-likeness (QED) is 0.816. The van der Waals surface area contributed by atoms with Crippen molar-refractivity contribution in [2.45, 2.75) is 27.6 Å². The summed E-state index contributed by atoms with van der Waals surface area (Å²) in [7, 11) is 0. The van der Waals surface area contributed by atoms with Gasteiger partial charge in [-0.3, -0.25) is 0 Å². The van der Waals surface area contributed by atoms with E-state index in [1.807, 2.05) is 6.26 Å². The summed E-state index contributed by atoms with van der Waals surface area (Å²) in [5.41, 5.74) is 4.96. The third-order valence-electron chi connectivity index (χ3n) is 1.66. The fourth-order valence-electron chi connectivity index (χ4n) is 0.744. The summed E-state index contributed by atoms with van der Waals surface area (Å²) in [6.45, 7) is 1.74. The summed E-state index contributed by atoms with van der Waals surface area (Å²) in [4.78, 5) is 0. The highest BCUT2D eigenvalue weighted by molar-refractivity contribution is 8.02. The van der Waals surface area contributed by atoms with Crippen LogP contribution in [0.25, 0.3) is 0 Å². The van der Waals surface area contributed by atoms with Crippen molar-refractivity contribution in [1.82, 2.24) is 10.2 Å². The van der Waals surface area contributed by atoms with Gasteiger partial charge in [-0.05, 0) is 19.6 Å². The molecule has 1 aromatic heterocycles. The van der Waals surface area contributed by atoms with E-state index in [1.165, 1.54) is 0 Å². The zero-order valence-corrected chi connectivity index (χ0v) is 11.0. The molecule has 0 amide bonds. The molecule has 1 rings (SSSR count). The SMILES string of the molecule is CSc1nnc(SCCC(C)(N)C#N)s1. The molecule has 0 aromatic carbocycles. The van der Waals surface area contributed by atoms with Gasteiger partial charge in [0.1, 0.15) is 5.54 Å². The van der Waals surface area contributed by atoms with E-state index in [9.17, 15) is 0 Å². The van der Waals surface area contributed by atoms with Gasteiger partial charge in [-0.2, -0.15) is 5.26 Å². The Bertz CT molecular complexity index is 355. The van der Waals surface area contributed by atoms with E-state index in [2.05, 4.69) is 16.3 Å². The third-order valence-corrected chi connectivity index (χ3v) is 4.70. The largest absolute Gasteiger partial charge is 0.314 e. The van der Waals surface area contributed by atoms with Crippen LogP contribution in [0, 0.1) is 11.3 Å². The van der Waals surface area contributed by atoms with Gasteiger partial charge in [0.15, 0.2) is 8.68 Å². The van der Waals surface area contributed by atoms with Crippen LogP contribution in [-0.2, 0) is 0 Å². The maximum Gasteiger partial charge on any atom is 0.175 e. The summed E-state index contributed by atoms with van der Waals surface area (Å²) >= 11 is 4.76. The number of hydrogen-bond donors (Lipinski definition) is 1. The van der Waals surface area contributed by atoms with Gasteiger partial charge in [-0.15, -0.1) is 10.2 Å². The number of nitrogens with two attached hydrogens (primary N) is 1. The minimum atomic E-state index is -0.736. The molecule has 0 saturated heterocycles. The van der Waals surface area contributed by atoms with Crippen molar-refractivity contribution in [1.29, 1.82) is 5.26 Å². The molecule has 0 radical (unpaired) electrons. The van der Waals surface area contributed by atoms with E-state index in [4.69, 9.17) is 11.0 Å². The Balaban J connectivity index is 2.35. The minimum Gasteiger partial charge on any atom is -0.314 e. The van der Waals surface area contributed by atoms with Crippen LogP contribution in [0.3, 0.4) is 0 Å². The average molecular weight is 260 g/mol. The highest BCUT2D eigenvalue weighted by atomic mass is 32.2. The van der Waals surface area contributed by atoms with E-state index < -0.39 is 5.54 Å². The van der Waals surface area contributed by atoms with Gasteiger partial charge in [0, 0.05) is 5.75 Å². The van der Waals surface area contributed by atoms with Crippen molar-refractivity contribution in [3.63, 3.8) is 0 Å². The predicted octanol–water partition coefficient (Wildman–Crippen LogP) is 1.98. The Morgan fingerprint density at radius 3 is 2.73 bits per heavy atom. The summed E-state index contributed by atoms with van der Waals surface area (Å²) in [6, 6.07) is 2.07. The highest BCUT2D eigenvalue weighted by Crippen LogP contribution is 2.28. The summed E-state index contributed by atoms with van der Waals surface area (Å²) in [5.74, 6) is 0.795. The molecule has 1 atom stereocenters. The zero-order valence-electron chi connectivity index (χ0n) is 8.56. The van der Waals surface area contributed by atoms with Crippen molar-refractivity contribution in [2.24, 2.45) is 5.73 Å². The van der Waals surface area contributed by atoms with Crippen molar-refractivity contribution in [3.8, 4) is 6.07 Å². The molecule has 82 valence electrons. The van der Waals surface area contributed by atoms with E-state index in [0.29, 0.717) is 6.42 Å². The minimum absolute atomic E-state index is 0.655. The molecule has 0 fully saturated rings. The second kappa shape index (κ2) is 5.70. The topological polar surface area (TPSA) is 75.6 Å². The van der Waals surface area contributed by atoms with E-state index in [0.717, 1.165) is 14.4 Å². The Morgan fingerprint density at radius 2 is 2.20 bits per heavy atom. The van der Waals surface area contributed by atoms with Crippen molar-refractivity contribution in [3.05, 3.63) is 0 Å². The Morgan fingerprint density at radius 1 is 1.53 bits per heavy atom. The standard InChI is InChI=1S/C8H12N4S3/c1-8(10,5-9)3-4-14-7-12-11-6(13-2)15-7/h3-4,10H2,1-2H3. The van der Waals surface area contributed by atoms with Crippen LogP contribution in [0.4, 0.5) is 0 Å². The molecule has 0 saturated carbocycles. The zero-order chi connectivity index (χ0) is 11.3. The van der Waals surface area contributed by atoms with Crippen molar-refractivity contribution in [2.75, 3.05) is 12.0 Å². The number of rotatable bonds is 5. The molecule has 0 aliphatic carbocycles. The number of thioether (sulfide) groups is 2. The highest BCUT2D eigenvalue weighted by Gasteiger charge is 2.17. The Labute approximate surface area is 102 Å². The lowest BCUT2D eigenvalue weighted by atomic mass is 10.0. The van der Waals surface area contributed by atoms with Crippen LogP contribution in [0.1, 0.15) is 13.3 Å². The Kier molecular flexibility index (Phi) is 4.86. The number of nitrogens with zero attached hydrogens (tertiary/aromatic N) is 3. The first-order chi connectivity index (χ1) is 7.07. The van der Waals surface area contributed by atoms with Gasteiger partial charge < -0.3 is 5.73 Å². The molecule has 0 spiro atoms. The normalized spacial score (nSPS) is 14.5. The van der Waals surface area contributed by atoms with Crippen LogP contribution in [0.5, 0.6) is 0 Å². The lowest BCUT2D eigenvalue weighted by Crippen LogP contribution is -2.34. The molecule has 7 heteroatoms. The maximum absolute atomic E-state index is 8.72. The van der Waals surface area contributed by atoms with Gasteiger partial charge >= 0.3 is 0 Å². The molecule has 1 heterocycles. The average Bonchev–Trinajstić information content (AvgIpc) is 2.66. The fraction of sp³-hybridized carbons (Fsp3) is 0.625. The predicted molar refractivity (Wildman–Crippen MR) is 65.2 cm³/mol. The monoisotopic (exact) mass is 260 g/mol. The maximum atomic E-state index is 8.72. The van der Waals surface area contributed by atoms with E-state index >= 15 is 0 Å². The summed E-state index contributed by atoms with van der Waals surface area (Å²) < 4.78 is 1.90. The number of nitriles is 1. The molecule has 4 nitrogen and oxygen atoms in total. The molecule has 2 N–H and O–H groups in total. The second-order valence-corrected chi connectivity index (χ2v) is 6.54. The molecule has 1 aromatic rings. The van der Waals surface area contributed by atoms with Crippen LogP contribution in [0.2, 0.25) is 0 Å². The number of hydrogen-bond acceptors (Lipinski definition) is 7. The molecule has 15 heavy (non-hydrogen) atoms. The van der Waals surface area contributed by atoms with Gasteiger partial charge in [0.2, 0.25) is 0 Å². The van der Waals surface area contributed by atoms with E-state index in [1.54, 1.807) is 41.8 Å². The van der Waals surface area contributed by atoms with Gasteiger partial charge in [0.25, 0.3) is 0 Å². The lowest BCUT2D eigenvalue weighted by molar-refractivity contribution is 0.583. The first kappa shape index (κ1) is 12.8. The molecule has 0 aliphatic heterocycles. The molecular weight excluding hydrogens is 248 g/mol. The Hall–Kier alpha value is -0.290. The van der Waals surface area contributed by atoms with Crippen molar-refractivity contribution < 1.29 is 0 Å². The first-order valence-electron chi connectivity index (χ1n) is 4.28. The molecule has 0 aliphatic rings. The van der Waals surface area contributed by atoms with Gasteiger partial charge in [0.05, 0.1) is 6.07 Å². The smallest absolute Gasteiger partial charge is 0.175 e. The van der Waals surface area contributed by atoms with Crippen LogP contribution >= 0.6 is 34.9 Å². The second-order valence-electron chi connectivity index (χ2n) is 3.17.